The molecule has 1 aliphatic heterocycles. The Labute approximate surface area is 85.7 Å². The van der Waals surface area contributed by atoms with Crippen molar-refractivity contribution < 1.29 is 9.90 Å². The fraction of sp³-hybridized carbons (Fsp3) is 0.714. The molecule has 1 aromatic heterocycles. The van der Waals surface area contributed by atoms with Crippen molar-refractivity contribution in [2.45, 2.75) is 12.0 Å². The summed E-state index contributed by atoms with van der Waals surface area (Å²) in [5, 5.41) is 19.9. The lowest BCUT2D eigenvalue weighted by molar-refractivity contribution is -0.142. The third-order valence-electron chi connectivity index (χ3n) is 2.61. The highest BCUT2D eigenvalue weighted by atomic mass is 16.4. The van der Waals surface area contributed by atoms with Crippen molar-refractivity contribution in [2.75, 3.05) is 18.0 Å². The van der Waals surface area contributed by atoms with Crippen molar-refractivity contribution in [3.05, 3.63) is 0 Å². The second kappa shape index (κ2) is 3.16. The molecule has 1 atom stereocenters. The van der Waals surface area contributed by atoms with Crippen molar-refractivity contribution in [3.8, 4) is 0 Å². The standard InChI is InChI=1S/C7H12N6O2/c1-12-6(9-10-11-12)13-3-2-7(8,4-13)5(14)15/h2-4,8H2,1H3,(H,14,15). The van der Waals surface area contributed by atoms with E-state index in [0.29, 0.717) is 18.9 Å². The van der Waals surface area contributed by atoms with Crippen LogP contribution >= 0.6 is 0 Å². The predicted octanol–water partition coefficient (Wildman–Crippen LogP) is -1.80. The summed E-state index contributed by atoms with van der Waals surface area (Å²) in [6.45, 7) is 0.785. The maximum absolute atomic E-state index is 10.9. The van der Waals surface area contributed by atoms with E-state index in [1.165, 1.54) is 4.68 Å². The van der Waals surface area contributed by atoms with E-state index in [2.05, 4.69) is 15.5 Å². The van der Waals surface area contributed by atoms with Gasteiger partial charge in [0.2, 0.25) is 5.95 Å². The molecular weight excluding hydrogens is 200 g/mol. The average molecular weight is 212 g/mol. The highest BCUT2D eigenvalue weighted by Crippen LogP contribution is 2.22. The molecule has 2 rings (SSSR count). The number of aromatic nitrogens is 4. The molecule has 3 N–H and O–H groups in total. The number of aliphatic carboxylic acids is 1. The highest BCUT2D eigenvalue weighted by molar-refractivity contribution is 5.80. The molecule has 0 amide bonds. The molecule has 1 aromatic rings. The molecule has 82 valence electrons. The number of nitrogens with zero attached hydrogens (tertiary/aromatic N) is 5. The van der Waals surface area contributed by atoms with Gasteiger partial charge in [0.1, 0.15) is 5.54 Å². The number of carbonyl (C=O) groups is 1. The van der Waals surface area contributed by atoms with Crippen LogP contribution in [0.1, 0.15) is 6.42 Å². The monoisotopic (exact) mass is 212 g/mol. The van der Waals surface area contributed by atoms with Gasteiger partial charge in [0, 0.05) is 20.1 Å². The minimum Gasteiger partial charge on any atom is -0.480 e. The van der Waals surface area contributed by atoms with Crippen LogP contribution in [0.15, 0.2) is 0 Å². The molecule has 0 bridgehead atoms. The third kappa shape index (κ3) is 1.52. The topological polar surface area (TPSA) is 110 Å². The summed E-state index contributed by atoms with van der Waals surface area (Å²) < 4.78 is 1.49. The molecule has 2 heterocycles. The zero-order chi connectivity index (χ0) is 11.1. The first-order valence-electron chi connectivity index (χ1n) is 4.52. The van der Waals surface area contributed by atoms with Gasteiger partial charge in [0.25, 0.3) is 0 Å². The number of hydrogen-bond donors (Lipinski definition) is 2. The first-order chi connectivity index (χ1) is 7.03. The molecule has 0 spiro atoms. The highest BCUT2D eigenvalue weighted by Gasteiger charge is 2.42. The number of carboxylic acids is 1. The first-order valence-corrected chi connectivity index (χ1v) is 4.52. The Morgan fingerprint density at radius 1 is 1.67 bits per heavy atom. The van der Waals surface area contributed by atoms with Gasteiger partial charge in [0.15, 0.2) is 0 Å². The van der Waals surface area contributed by atoms with Crippen LogP contribution < -0.4 is 10.6 Å². The summed E-state index contributed by atoms with van der Waals surface area (Å²) in [5.41, 5.74) is 4.54. The number of aryl methyl sites for hydroxylation is 1. The van der Waals surface area contributed by atoms with Gasteiger partial charge in [-0.15, -0.1) is 0 Å². The number of anilines is 1. The molecule has 1 aliphatic rings. The van der Waals surface area contributed by atoms with Gasteiger partial charge in [0.05, 0.1) is 0 Å². The van der Waals surface area contributed by atoms with Crippen LogP contribution in [0, 0.1) is 0 Å². The summed E-state index contributed by atoms with van der Waals surface area (Å²) in [6, 6.07) is 0. The van der Waals surface area contributed by atoms with Gasteiger partial charge in [-0.25, -0.2) is 4.68 Å². The van der Waals surface area contributed by atoms with Crippen LogP contribution in [-0.4, -0.2) is 49.9 Å². The zero-order valence-electron chi connectivity index (χ0n) is 8.29. The first kappa shape index (κ1) is 9.84. The molecule has 0 aliphatic carbocycles. The Morgan fingerprint density at radius 3 is 2.87 bits per heavy atom. The Hall–Kier alpha value is -1.70. The van der Waals surface area contributed by atoms with E-state index >= 15 is 0 Å². The second-order valence-corrected chi connectivity index (χ2v) is 3.74. The molecular formula is C7H12N6O2. The van der Waals surface area contributed by atoms with Crippen LogP contribution in [-0.2, 0) is 11.8 Å². The smallest absolute Gasteiger partial charge is 0.325 e. The minimum absolute atomic E-state index is 0.233. The largest absolute Gasteiger partial charge is 0.480 e. The van der Waals surface area contributed by atoms with E-state index in [0.717, 1.165) is 0 Å². The van der Waals surface area contributed by atoms with E-state index in [1.54, 1.807) is 11.9 Å². The van der Waals surface area contributed by atoms with Gasteiger partial charge >= 0.3 is 5.97 Å². The summed E-state index contributed by atoms with van der Waals surface area (Å²) >= 11 is 0. The van der Waals surface area contributed by atoms with Crippen molar-refractivity contribution in [1.29, 1.82) is 0 Å². The predicted molar refractivity (Wildman–Crippen MR) is 50.2 cm³/mol. The lowest BCUT2D eigenvalue weighted by atomic mass is 10.0. The Morgan fingerprint density at radius 2 is 2.40 bits per heavy atom. The van der Waals surface area contributed by atoms with Gasteiger partial charge in [-0.05, 0) is 16.8 Å². The van der Waals surface area contributed by atoms with Gasteiger partial charge in [-0.3, -0.25) is 4.79 Å². The minimum atomic E-state index is -1.19. The van der Waals surface area contributed by atoms with Gasteiger partial charge < -0.3 is 15.7 Å². The lowest BCUT2D eigenvalue weighted by Gasteiger charge is -2.19. The molecule has 1 fully saturated rings. The summed E-state index contributed by atoms with van der Waals surface area (Å²) in [6.07, 6.45) is 0.398. The van der Waals surface area contributed by atoms with Crippen LogP contribution in [0.3, 0.4) is 0 Å². The summed E-state index contributed by atoms with van der Waals surface area (Å²) in [7, 11) is 1.70. The molecule has 1 unspecified atom stereocenters. The molecule has 1 saturated heterocycles. The van der Waals surface area contributed by atoms with E-state index < -0.39 is 11.5 Å². The molecule has 0 aromatic carbocycles. The third-order valence-corrected chi connectivity index (χ3v) is 2.61. The SMILES string of the molecule is Cn1nnnc1N1CCC(N)(C(=O)O)C1. The van der Waals surface area contributed by atoms with Crippen LogP contribution in [0.4, 0.5) is 5.95 Å². The van der Waals surface area contributed by atoms with Gasteiger partial charge in [-0.1, -0.05) is 5.10 Å². The van der Waals surface area contributed by atoms with Crippen LogP contribution in [0.25, 0.3) is 0 Å². The van der Waals surface area contributed by atoms with Crippen LogP contribution in [0.5, 0.6) is 0 Å². The fourth-order valence-electron chi connectivity index (χ4n) is 1.67. The normalized spacial score (nSPS) is 25.9. The quantitative estimate of drug-likeness (QED) is 0.595. The summed E-state index contributed by atoms with van der Waals surface area (Å²) in [5.74, 6) is -0.441. The van der Waals surface area contributed by atoms with E-state index in [-0.39, 0.29) is 6.54 Å². The number of rotatable bonds is 2. The van der Waals surface area contributed by atoms with Gasteiger partial charge in [-0.2, -0.15) is 0 Å². The van der Waals surface area contributed by atoms with Crippen molar-refractivity contribution in [2.24, 2.45) is 12.8 Å². The average Bonchev–Trinajstić information content (AvgIpc) is 2.73. The molecule has 8 nitrogen and oxygen atoms in total. The molecule has 0 radical (unpaired) electrons. The number of tetrazole rings is 1. The van der Waals surface area contributed by atoms with Crippen molar-refractivity contribution >= 4 is 11.9 Å². The molecule has 8 heteroatoms. The summed E-state index contributed by atoms with van der Waals surface area (Å²) in [4.78, 5) is 12.7. The van der Waals surface area contributed by atoms with E-state index in [1.807, 2.05) is 0 Å². The van der Waals surface area contributed by atoms with Crippen molar-refractivity contribution in [1.82, 2.24) is 20.2 Å². The Balaban J connectivity index is 2.18. The fourth-order valence-corrected chi connectivity index (χ4v) is 1.67. The maximum atomic E-state index is 10.9. The molecule has 15 heavy (non-hydrogen) atoms. The maximum Gasteiger partial charge on any atom is 0.325 e. The van der Waals surface area contributed by atoms with E-state index in [9.17, 15) is 4.79 Å². The van der Waals surface area contributed by atoms with Crippen molar-refractivity contribution in [3.63, 3.8) is 0 Å². The number of hydrogen-bond acceptors (Lipinski definition) is 6. The lowest BCUT2D eigenvalue weighted by Crippen LogP contribution is -2.50. The molecule has 0 saturated carbocycles. The zero-order valence-corrected chi connectivity index (χ0v) is 8.29. The Bertz CT molecular complexity index is 391. The second-order valence-electron chi connectivity index (χ2n) is 3.74. The van der Waals surface area contributed by atoms with E-state index in [4.69, 9.17) is 10.8 Å². The number of carboxylic acid groups (broad SMARTS) is 1. The number of nitrogens with two attached hydrogens (primary N) is 1. The Kier molecular flexibility index (Phi) is 2.07. The van der Waals surface area contributed by atoms with Crippen LogP contribution in [0.2, 0.25) is 0 Å².